The summed E-state index contributed by atoms with van der Waals surface area (Å²) in [4.78, 5) is 10.5. The van der Waals surface area contributed by atoms with Crippen molar-refractivity contribution in [2.24, 2.45) is 0 Å². The van der Waals surface area contributed by atoms with E-state index in [1.165, 1.54) is 13.0 Å². The molecule has 0 saturated carbocycles. The Labute approximate surface area is 119 Å². The molecule has 0 spiro atoms. The third-order valence-electron chi connectivity index (χ3n) is 2.30. The van der Waals surface area contributed by atoms with Crippen molar-refractivity contribution in [3.63, 3.8) is 0 Å². The molecule has 0 aliphatic carbocycles. The number of carboxylic acids is 1. The van der Waals surface area contributed by atoms with Gasteiger partial charge < -0.3 is 10.2 Å². The van der Waals surface area contributed by atoms with Crippen molar-refractivity contribution in [3.8, 4) is 0 Å². The monoisotopic (exact) mass is 351 g/mol. The van der Waals surface area contributed by atoms with Gasteiger partial charge in [0.25, 0.3) is 0 Å². The first-order valence-corrected chi connectivity index (χ1v) is 7.60. The van der Waals surface area contributed by atoms with Crippen LogP contribution < -0.4 is 4.72 Å². The number of aliphatic carboxylic acids is 1. The Kier molecular flexibility index (Phi) is 5.08. The van der Waals surface area contributed by atoms with Crippen LogP contribution >= 0.6 is 15.9 Å². The highest BCUT2D eigenvalue weighted by Crippen LogP contribution is 2.21. The van der Waals surface area contributed by atoms with Gasteiger partial charge in [-0.15, -0.1) is 0 Å². The lowest BCUT2D eigenvalue weighted by Crippen LogP contribution is -2.42. The predicted molar refractivity (Wildman–Crippen MR) is 72.2 cm³/mol. The molecule has 106 valence electrons. The molecular formula is C11H14BrNO5S. The molecule has 0 saturated heterocycles. The molecular weight excluding hydrogens is 338 g/mol. The van der Waals surface area contributed by atoms with Gasteiger partial charge in [-0.2, -0.15) is 0 Å². The Morgan fingerprint density at radius 2 is 2.00 bits per heavy atom. The number of halogens is 1. The zero-order valence-corrected chi connectivity index (χ0v) is 12.5. The quantitative estimate of drug-likeness (QED) is 0.707. The summed E-state index contributed by atoms with van der Waals surface area (Å²) < 4.78 is 26.6. The van der Waals surface area contributed by atoms with Gasteiger partial charge >= 0.3 is 5.97 Å². The van der Waals surface area contributed by atoms with Crippen LogP contribution in [0.3, 0.4) is 0 Å². The summed E-state index contributed by atoms with van der Waals surface area (Å²) in [5.74, 6) is -1.20. The van der Waals surface area contributed by atoms with Gasteiger partial charge in [-0.25, -0.2) is 13.1 Å². The summed E-state index contributed by atoms with van der Waals surface area (Å²) >= 11 is 3.12. The lowest BCUT2D eigenvalue weighted by molar-refractivity contribution is -0.141. The largest absolute Gasteiger partial charge is 0.481 e. The third-order valence-corrected chi connectivity index (χ3v) is 4.71. The molecule has 0 aliphatic heterocycles. The molecule has 1 unspecified atom stereocenters. The van der Waals surface area contributed by atoms with E-state index in [9.17, 15) is 18.3 Å². The third kappa shape index (κ3) is 4.90. The van der Waals surface area contributed by atoms with Crippen LogP contribution in [0.1, 0.15) is 13.3 Å². The van der Waals surface area contributed by atoms with Crippen molar-refractivity contribution in [1.29, 1.82) is 0 Å². The normalized spacial score (nSPS) is 14.9. The van der Waals surface area contributed by atoms with Crippen LogP contribution in [0.2, 0.25) is 0 Å². The number of carbonyl (C=O) groups is 1. The van der Waals surface area contributed by atoms with Crippen molar-refractivity contribution >= 4 is 31.9 Å². The van der Waals surface area contributed by atoms with Crippen LogP contribution in [-0.4, -0.2) is 36.7 Å². The molecule has 6 nitrogen and oxygen atoms in total. The number of sulfonamides is 1. The van der Waals surface area contributed by atoms with Crippen molar-refractivity contribution in [2.75, 3.05) is 6.54 Å². The average Bonchev–Trinajstić information content (AvgIpc) is 2.25. The maximum absolute atomic E-state index is 12.0. The minimum Gasteiger partial charge on any atom is -0.481 e. The summed E-state index contributed by atoms with van der Waals surface area (Å²) in [6.45, 7) is 0.868. The van der Waals surface area contributed by atoms with Crippen LogP contribution in [0.5, 0.6) is 0 Å². The molecule has 1 atom stereocenters. The zero-order valence-electron chi connectivity index (χ0n) is 10.1. The molecule has 0 fully saturated rings. The molecule has 1 aromatic rings. The number of hydrogen-bond acceptors (Lipinski definition) is 4. The Bertz CT molecular complexity index is 570. The summed E-state index contributed by atoms with van der Waals surface area (Å²) in [5, 5.41) is 18.3. The minimum atomic E-state index is -3.81. The summed E-state index contributed by atoms with van der Waals surface area (Å²) in [7, 11) is -3.81. The Morgan fingerprint density at radius 1 is 1.42 bits per heavy atom. The van der Waals surface area contributed by atoms with Crippen LogP contribution in [-0.2, 0) is 14.8 Å². The van der Waals surface area contributed by atoms with Gasteiger partial charge in [-0.05, 0) is 35.0 Å². The standard InChI is InChI=1S/C11H14BrNO5S/c1-11(16,6-10(14)15)7-13-19(17,18)9-5-3-2-4-8(9)12/h2-5,13,16H,6-7H2,1H3,(H,14,15). The summed E-state index contributed by atoms with van der Waals surface area (Å²) in [6.07, 6.45) is -0.550. The molecule has 0 aliphatic rings. The maximum atomic E-state index is 12.0. The molecule has 0 radical (unpaired) electrons. The molecule has 3 N–H and O–H groups in total. The fourth-order valence-corrected chi connectivity index (χ4v) is 3.54. The van der Waals surface area contributed by atoms with Crippen molar-refractivity contribution in [3.05, 3.63) is 28.7 Å². The molecule has 0 bridgehead atoms. The number of nitrogens with one attached hydrogen (secondary N) is 1. The number of benzene rings is 1. The number of hydrogen-bond donors (Lipinski definition) is 3. The van der Waals surface area contributed by atoms with E-state index < -0.39 is 28.0 Å². The van der Waals surface area contributed by atoms with Gasteiger partial charge in [0.2, 0.25) is 10.0 Å². The van der Waals surface area contributed by atoms with Crippen molar-refractivity contribution < 1.29 is 23.4 Å². The minimum absolute atomic E-state index is 0.0288. The second kappa shape index (κ2) is 6.00. The van der Waals surface area contributed by atoms with Crippen LogP contribution in [0, 0.1) is 0 Å². The lowest BCUT2D eigenvalue weighted by Gasteiger charge is -2.21. The Morgan fingerprint density at radius 3 is 2.53 bits per heavy atom. The molecule has 1 aromatic carbocycles. The molecule has 19 heavy (non-hydrogen) atoms. The van der Waals surface area contributed by atoms with Gasteiger partial charge in [0, 0.05) is 11.0 Å². The van der Waals surface area contributed by atoms with E-state index in [0.29, 0.717) is 4.47 Å². The van der Waals surface area contributed by atoms with E-state index in [4.69, 9.17) is 5.11 Å². The van der Waals surface area contributed by atoms with Crippen LogP contribution in [0.25, 0.3) is 0 Å². The first-order valence-electron chi connectivity index (χ1n) is 5.32. The van der Waals surface area contributed by atoms with Gasteiger partial charge in [0.05, 0.1) is 16.9 Å². The van der Waals surface area contributed by atoms with Gasteiger partial charge in [-0.1, -0.05) is 12.1 Å². The summed E-state index contributed by atoms with van der Waals surface area (Å²) in [6, 6.07) is 6.21. The predicted octanol–water partition coefficient (Wildman–Crippen LogP) is 0.953. The topological polar surface area (TPSA) is 104 Å². The van der Waals surface area contributed by atoms with E-state index >= 15 is 0 Å². The highest BCUT2D eigenvalue weighted by atomic mass is 79.9. The van der Waals surface area contributed by atoms with Crippen molar-refractivity contribution in [2.45, 2.75) is 23.8 Å². The zero-order chi connectivity index (χ0) is 14.7. The number of rotatable bonds is 6. The van der Waals surface area contributed by atoms with E-state index in [1.54, 1.807) is 18.2 Å². The fraction of sp³-hybridized carbons (Fsp3) is 0.364. The van der Waals surface area contributed by atoms with Gasteiger partial charge in [0.1, 0.15) is 0 Å². The van der Waals surface area contributed by atoms with Crippen molar-refractivity contribution in [1.82, 2.24) is 4.72 Å². The molecule has 0 amide bonds. The second-order valence-corrected chi connectivity index (χ2v) is 6.91. The smallest absolute Gasteiger partial charge is 0.306 e. The average molecular weight is 352 g/mol. The maximum Gasteiger partial charge on any atom is 0.306 e. The highest BCUT2D eigenvalue weighted by Gasteiger charge is 2.27. The Hall–Kier alpha value is -0.960. The lowest BCUT2D eigenvalue weighted by atomic mass is 10.0. The second-order valence-electron chi connectivity index (χ2n) is 4.32. The van der Waals surface area contributed by atoms with E-state index in [1.807, 2.05) is 0 Å². The van der Waals surface area contributed by atoms with Gasteiger partial charge in [-0.3, -0.25) is 4.79 Å². The highest BCUT2D eigenvalue weighted by molar-refractivity contribution is 9.10. The molecule has 8 heteroatoms. The molecule has 0 heterocycles. The number of carboxylic acid groups (broad SMARTS) is 1. The van der Waals surface area contributed by atoms with E-state index in [0.717, 1.165) is 0 Å². The number of aliphatic hydroxyl groups is 1. The van der Waals surface area contributed by atoms with Gasteiger partial charge in [0.15, 0.2) is 0 Å². The van der Waals surface area contributed by atoms with E-state index in [-0.39, 0.29) is 11.4 Å². The van der Waals surface area contributed by atoms with E-state index in [2.05, 4.69) is 20.7 Å². The molecule has 0 aromatic heterocycles. The first kappa shape index (κ1) is 16.1. The van der Waals surface area contributed by atoms with Crippen LogP contribution in [0.15, 0.2) is 33.6 Å². The fourth-order valence-electron chi connectivity index (χ4n) is 1.38. The van der Waals surface area contributed by atoms with Crippen LogP contribution in [0.4, 0.5) is 0 Å². The Balaban J connectivity index is 2.82. The molecule has 1 rings (SSSR count). The SMILES string of the molecule is CC(O)(CNS(=O)(=O)c1ccccc1Br)CC(=O)O. The summed E-state index contributed by atoms with van der Waals surface area (Å²) in [5.41, 5.74) is -1.65. The first-order chi connectivity index (χ1) is 8.64.